The van der Waals surface area contributed by atoms with Gasteiger partial charge in [-0.05, 0) is 49.7 Å². The van der Waals surface area contributed by atoms with E-state index in [0.29, 0.717) is 38.0 Å². The fourth-order valence-corrected chi connectivity index (χ4v) is 5.20. The van der Waals surface area contributed by atoms with E-state index in [2.05, 4.69) is 5.32 Å². The fourth-order valence-electron chi connectivity index (χ4n) is 5.20. The van der Waals surface area contributed by atoms with Crippen molar-refractivity contribution in [3.8, 4) is 5.75 Å². The van der Waals surface area contributed by atoms with Crippen LogP contribution in [0.5, 0.6) is 5.75 Å². The summed E-state index contributed by atoms with van der Waals surface area (Å²) in [4.78, 5) is 26.9. The number of likely N-dealkylation sites (tertiary alicyclic amines) is 1. The van der Waals surface area contributed by atoms with Crippen molar-refractivity contribution in [2.75, 3.05) is 19.7 Å². The predicted octanol–water partition coefficient (Wildman–Crippen LogP) is 1.94. The van der Waals surface area contributed by atoms with Crippen LogP contribution in [0.3, 0.4) is 0 Å². The number of nitrogens with one attached hydrogen (secondary N) is 1. The Hall–Kier alpha value is -2.08. The number of para-hydroxylation sites is 1. The minimum atomic E-state index is -0.0906. The van der Waals surface area contributed by atoms with E-state index in [1.54, 1.807) is 4.90 Å². The lowest BCUT2D eigenvalue weighted by molar-refractivity contribution is -0.128. The average Bonchev–Trinajstić information content (AvgIpc) is 3.01. The molecule has 2 aliphatic carbocycles. The van der Waals surface area contributed by atoms with Crippen LogP contribution < -0.4 is 15.8 Å². The zero-order valence-corrected chi connectivity index (χ0v) is 16.4. The van der Waals surface area contributed by atoms with Crippen LogP contribution in [0.25, 0.3) is 0 Å². The number of carbonyl (C=O) groups is 2. The molecule has 2 bridgehead atoms. The number of ether oxygens (including phenoxy) is 1. The maximum atomic E-state index is 12.8. The summed E-state index contributed by atoms with van der Waals surface area (Å²) in [6, 6.07) is 9.78. The maximum absolute atomic E-state index is 12.8. The number of nitrogens with two attached hydrogens (primary N) is 1. The summed E-state index contributed by atoms with van der Waals surface area (Å²) in [6.07, 6.45) is 5.74. The summed E-state index contributed by atoms with van der Waals surface area (Å²) >= 11 is 0. The molecule has 3 N–H and O–H groups in total. The van der Waals surface area contributed by atoms with Crippen LogP contribution in [0.2, 0.25) is 0 Å². The first-order valence-electron chi connectivity index (χ1n) is 10.6. The number of carbonyl (C=O) groups excluding carboxylic acids is 2. The molecule has 0 radical (unpaired) electrons. The van der Waals surface area contributed by atoms with Gasteiger partial charge < -0.3 is 20.7 Å². The molecule has 1 saturated heterocycles. The van der Waals surface area contributed by atoms with E-state index < -0.39 is 0 Å². The first-order chi connectivity index (χ1) is 13.6. The largest absolute Gasteiger partial charge is 0.492 e. The Morgan fingerprint density at radius 1 is 1.18 bits per heavy atom. The normalized spacial score (nSPS) is 32.2. The Labute approximate surface area is 166 Å². The molecule has 3 fully saturated rings. The predicted molar refractivity (Wildman–Crippen MR) is 107 cm³/mol. The number of amides is 2. The van der Waals surface area contributed by atoms with Crippen LogP contribution in [0, 0.1) is 17.8 Å². The van der Waals surface area contributed by atoms with Crippen molar-refractivity contribution in [3.63, 3.8) is 0 Å². The first kappa shape index (κ1) is 19.2. The van der Waals surface area contributed by atoms with Gasteiger partial charge in [-0.25, -0.2) is 0 Å². The molecule has 1 aromatic rings. The molecular weight excluding hydrogens is 354 g/mol. The van der Waals surface area contributed by atoms with Crippen LogP contribution in [0.15, 0.2) is 30.3 Å². The SMILES string of the molecule is NC1C2CCCC1CC(C(=O)NC1CC(=O)N(CCOc3ccccc3)C1)C2. The molecular formula is C22H31N3O3. The van der Waals surface area contributed by atoms with Gasteiger partial charge in [0.1, 0.15) is 12.4 Å². The van der Waals surface area contributed by atoms with E-state index >= 15 is 0 Å². The van der Waals surface area contributed by atoms with Gasteiger partial charge in [0.25, 0.3) is 0 Å². The highest BCUT2D eigenvalue weighted by atomic mass is 16.5. The molecule has 2 saturated carbocycles. The van der Waals surface area contributed by atoms with E-state index in [9.17, 15) is 9.59 Å². The molecule has 3 unspecified atom stereocenters. The second-order valence-electron chi connectivity index (χ2n) is 8.61. The standard InChI is InChI=1S/C22H31N3O3/c23-21-15-5-4-6-16(21)12-17(11-15)22(27)24-18-13-20(26)25(14-18)9-10-28-19-7-2-1-3-8-19/h1-3,7-8,15-18,21H,4-6,9-14,23H2,(H,24,27). The molecule has 6 nitrogen and oxygen atoms in total. The molecule has 3 atom stereocenters. The third-order valence-electron chi connectivity index (χ3n) is 6.72. The zero-order chi connectivity index (χ0) is 19.5. The van der Waals surface area contributed by atoms with Crippen molar-refractivity contribution >= 4 is 11.8 Å². The minimum Gasteiger partial charge on any atom is -0.492 e. The summed E-state index contributed by atoms with van der Waals surface area (Å²) in [5.74, 6) is 2.04. The van der Waals surface area contributed by atoms with Gasteiger partial charge in [0.2, 0.25) is 11.8 Å². The Balaban J connectivity index is 1.23. The van der Waals surface area contributed by atoms with Crippen molar-refractivity contribution in [3.05, 3.63) is 30.3 Å². The van der Waals surface area contributed by atoms with E-state index in [1.807, 2.05) is 30.3 Å². The molecule has 0 aromatic heterocycles. The second kappa shape index (κ2) is 8.52. The topological polar surface area (TPSA) is 84.7 Å². The summed E-state index contributed by atoms with van der Waals surface area (Å²) in [5.41, 5.74) is 6.34. The molecule has 0 spiro atoms. The number of fused-ring (bicyclic) bond motifs is 2. The third-order valence-corrected chi connectivity index (χ3v) is 6.72. The Bertz CT molecular complexity index is 682. The summed E-state index contributed by atoms with van der Waals surface area (Å²) in [5, 5.41) is 3.14. The second-order valence-corrected chi connectivity index (χ2v) is 8.61. The van der Waals surface area contributed by atoms with E-state index in [1.165, 1.54) is 6.42 Å². The van der Waals surface area contributed by atoms with Crippen molar-refractivity contribution in [1.29, 1.82) is 0 Å². The van der Waals surface area contributed by atoms with Gasteiger partial charge in [0.15, 0.2) is 0 Å². The van der Waals surface area contributed by atoms with Crippen molar-refractivity contribution in [2.24, 2.45) is 23.5 Å². The van der Waals surface area contributed by atoms with Crippen molar-refractivity contribution in [2.45, 2.75) is 50.6 Å². The van der Waals surface area contributed by atoms with Crippen LogP contribution >= 0.6 is 0 Å². The molecule has 2 amide bonds. The van der Waals surface area contributed by atoms with E-state index in [0.717, 1.165) is 31.4 Å². The first-order valence-corrected chi connectivity index (χ1v) is 10.6. The third kappa shape index (κ3) is 4.32. The Morgan fingerprint density at radius 2 is 1.89 bits per heavy atom. The number of benzene rings is 1. The summed E-state index contributed by atoms with van der Waals surface area (Å²) in [7, 11) is 0. The number of hydrogen-bond donors (Lipinski definition) is 2. The van der Waals surface area contributed by atoms with Gasteiger partial charge >= 0.3 is 0 Å². The molecule has 4 rings (SSSR count). The van der Waals surface area contributed by atoms with Gasteiger partial charge in [0.05, 0.1) is 12.6 Å². The summed E-state index contributed by atoms with van der Waals surface area (Å²) in [6.45, 7) is 1.57. The van der Waals surface area contributed by atoms with Gasteiger partial charge in [-0.1, -0.05) is 24.6 Å². The molecule has 28 heavy (non-hydrogen) atoms. The quantitative estimate of drug-likeness (QED) is 0.784. The molecule has 3 aliphatic rings. The van der Waals surface area contributed by atoms with Gasteiger partial charge in [-0.2, -0.15) is 0 Å². The number of rotatable bonds is 6. The highest BCUT2D eigenvalue weighted by Gasteiger charge is 2.41. The van der Waals surface area contributed by atoms with Gasteiger partial charge in [-0.15, -0.1) is 0 Å². The smallest absolute Gasteiger partial charge is 0.224 e. The molecule has 1 aromatic carbocycles. The Kier molecular flexibility index (Phi) is 5.85. The minimum absolute atomic E-state index is 0.0562. The number of hydrogen-bond acceptors (Lipinski definition) is 4. The lowest BCUT2D eigenvalue weighted by Gasteiger charge is -2.43. The molecule has 6 heteroatoms. The number of nitrogens with zero attached hydrogens (tertiary/aromatic N) is 1. The van der Waals surface area contributed by atoms with Crippen LogP contribution in [0.1, 0.15) is 38.5 Å². The lowest BCUT2D eigenvalue weighted by Crippen LogP contribution is -2.50. The van der Waals surface area contributed by atoms with Crippen molar-refractivity contribution in [1.82, 2.24) is 10.2 Å². The van der Waals surface area contributed by atoms with Crippen LogP contribution in [-0.4, -0.2) is 48.5 Å². The van der Waals surface area contributed by atoms with Crippen LogP contribution in [-0.2, 0) is 9.59 Å². The monoisotopic (exact) mass is 385 g/mol. The van der Waals surface area contributed by atoms with Crippen LogP contribution in [0.4, 0.5) is 0 Å². The maximum Gasteiger partial charge on any atom is 0.224 e. The highest BCUT2D eigenvalue weighted by Crippen LogP contribution is 2.42. The fraction of sp³-hybridized carbons (Fsp3) is 0.636. The average molecular weight is 386 g/mol. The Morgan fingerprint density at radius 3 is 2.61 bits per heavy atom. The molecule has 152 valence electrons. The highest BCUT2D eigenvalue weighted by molar-refractivity contribution is 5.83. The van der Waals surface area contributed by atoms with Gasteiger partial charge in [0, 0.05) is 24.9 Å². The molecule has 1 aliphatic heterocycles. The summed E-state index contributed by atoms with van der Waals surface area (Å²) < 4.78 is 5.69. The van der Waals surface area contributed by atoms with Gasteiger partial charge in [-0.3, -0.25) is 9.59 Å². The molecule has 1 heterocycles. The lowest BCUT2D eigenvalue weighted by atomic mass is 9.65. The van der Waals surface area contributed by atoms with E-state index in [-0.39, 0.29) is 29.8 Å². The zero-order valence-electron chi connectivity index (χ0n) is 16.4. The van der Waals surface area contributed by atoms with E-state index in [4.69, 9.17) is 10.5 Å². The van der Waals surface area contributed by atoms with Crippen molar-refractivity contribution < 1.29 is 14.3 Å².